The first-order valence-corrected chi connectivity index (χ1v) is 17.4. The second-order valence-electron chi connectivity index (χ2n) is 11.8. The standard InChI is InChI=1S/C29H46N4O11S.C2H6/c1-16(2)26(32-18(5)6)28(37)31-14-24(35)33-21-8-7-19(15-42-29(38)17(3)4)11-22(21)43-25-13-20(34)12-23(44-25)27(36)30-9-10-45(39,40)41;1-2/h7-8,11,16-18,20,23,25-26,32,34H,9-10,12-15H2,1-6H3,(H,30,36)(H,31,37)(H,33,35)(H,39,40,41);1-2H3. The monoisotopic (exact) mass is 688 g/mol. The van der Waals surface area contributed by atoms with Gasteiger partial charge in [0.2, 0.25) is 24.0 Å². The predicted molar refractivity (Wildman–Crippen MR) is 175 cm³/mol. The maximum absolute atomic E-state index is 12.9. The average Bonchev–Trinajstić information content (AvgIpc) is 2.98. The Balaban J connectivity index is 0.00000541. The summed E-state index contributed by atoms with van der Waals surface area (Å²) in [6, 6.07) is 4.19. The van der Waals surface area contributed by atoms with E-state index in [1.54, 1.807) is 19.9 Å². The molecule has 1 heterocycles. The highest BCUT2D eigenvalue weighted by molar-refractivity contribution is 7.85. The minimum Gasteiger partial charge on any atom is -0.463 e. The van der Waals surface area contributed by atoms with Crippen molar-refractivity contribution in [3.05, 3.63) is 23.8 Å². The second kappa shape index (κ2) is 20.1. The lowest BCUT2D eigenvalue weighted by molar-refractivity contribution is -0.184. The molecule has 47 heavy (non-hydrogen) atoms. The summed E-state index contributed by atoms with van der Waals surface area (Å²) in [6.07, 6.45) is -3.50. The van der Waals surface area contributed by atoms with Crippen LogP contribution in [0.5, 0.6) is 5.75 Å². The summed E-state index contributed by atoms with van der Waals surface area (Å²) in [5, 5.41) is 21.2. The Kier molecular flexibility index (Phi) is 17.9. The first kappa shape index (κ1) is 41.7. The van der Waals surface area contributed by atoms with Crippen LogP contribution in [0.4, 0.5) is 5.69 Å². The number of esters is 1. The summed E-state index contributed by atoms with van der Waals surface area (Å²) >= 11 is 0. The summed E-state index contributed by atoms with van der Waals surface area (Å²) in [7, 11) is -4.29. The third kappa shape index (κ3) is 15.9. The highest BCUT2D eigenvalue weighted by Crippen LogP contribution is 2.31. The summed E-state index contributed by atoms with van der Waals surface area (Å²) in [5.74, 6) is -3.00. The molecule has 0 aliphatic carbocycles. The van der Waals surface area contributed by atoms with E-state index in [-0.39, 0.29) is 67.8 Å². The topological polar surface area (TPSA) is 219 Å². The molecule has 4 unspecified atom stereocenters. The van der Waals surface area contributed by atoms with Gasteiger partial charge < -0.3 is 40.6 Å². The van der Waals surface area contributed by atoms with Crippen LogP contribution in [-0.4, -0.2) is 91.2 Å². The molecule has 1 aliphatic heterocycles. The Morgan fingerprint density at radius 2 is 1.68 bits per heavy atom. The van der Waals surface area contributed by atoms with Crippen LogP contribution in [0.2, 0.25) is 0 Å². The number of aliphatic hydroxyl groups excluding tert-OH is 1. The van der Waals surface area contributed by atoms with Gasteiger partial charge in [-0.05, 0) is 23.6 Å². The lowest BCUT2D eigenvalue weighted by Gasteiger charge is -2.32. The molecule has 1 aliphatic rings. The molecular weight excluding hydrogens is 636 g/mol. The number of aliphatic hydroxyl groups is 1. The number of nitrogens with one attached hydrogen (secondary N) is 4. The molecule has 1 fully saturated rings. The molecule has 2 rings (SSSR count). The van der Waals surface area contributed by atoms with Crippen molar-refractivity contribution in [2.45, 2.75) is 105 Å². The number of anilines is 1. The van der Waals surface area contributed by atoms with E-state index in [4.69, 9.17) is 18.8 Å². The van der Waals surface area contributed by atoms with Crippen molar-refractivity contribution in [3.8, 4) is 5.75 Å². The van der Waals surface area contributed by atoms with Crippen molar-refractivity contribution in [1.82, 2.24) is 16.0 Å². The SMILES string of the molecule is CC.CC(C)NC(C(=O)NCC(=O)Nc1ccc(COC(=O)C(C)C)cc1OC1CC(O)CC(C(=O)NCCS(=O)(=O)O)O1)C(C)C. The van der Waals surface area contributed by atoms with Crippen LogP contribution < -0.4 is 26.0 Å². The Bertz CT molecular complexity index is 1290. The van der Waals surface area contributed by atoms with E-state index in [9.17, 15) is 32.7 Å². The van der Waals surface area contributed by atoms with E-state index in [0.717, 1.165) is 0 Å². The first-order valence-electron chi connectivity index (χ1n) is 15.8. The minimum atomic E-state index is -4.29. The molecule has 6 N–H and O–H groups in total. The van der Waals surface area contributed by atoms with Gasteiger partial charge in [0.05, 0.1) is 36.0 Å². The maximum atomic E-state index is 12.9. The van der Waals surface area contributed by atoms with E-state index in [1.165, 1.54) is 12.1 Å². The van der Waals surface area contributed by atoms with Gasteiger partial charge in [-0.2, -0.15) is 8.42 Å². The van der Waals surface area contributed by atoms with Crippen molar-refractivity contribution in [2.75, 3.05) is 24.2 Å². The molecule has 0 radical (unpaired) electrons. The number of ether oxygens (including phenoxy) is 3. The summed E-state index contributed by atoms with van der Waals surface area (Å²) in [6.45, 7) is 14.2. The Morgan fingerprint density at radius 3 is 2.26 bits per heavy atom. The first-order chi connectivity index (χ1) is 21.9. The number of rotatable bonds is 16. The zero-order chi connectivity index (χ0) is 35.9. The van der Waals surface area contributed by atoms with Crippen molar-refractivity contribution >= 4 is 39.5 Å². The Hall–Kier alpha value is -3.31. The van der Waals surface area contributed by atoms with Crippen LogP contribution in [0, 0.1) is 11.8 Å². The predicted octanol–water partition coefficient (Wildman–Crippen LogP) is 1.74. The average molecular weight is 689 g/mol. The lowest BCUT2D eigenvalue weighted by Crippen LogP contribution is -2.51. The number of hydrogen-bond acceptors (Lipinski definition) is 11. The third-order valence-electron chi connectivity index (χ3n) is 6.53. The molecule has 16 heteroatoms. The van der Waals surface area contributed by atoms with Crippen molar-refractivity contribution < 1.29 is 51.5 Å². The molecule has 1 aromatic rings. The number of benzene rings is 1. The summed E-state index contributed by atoms with van der Waals surface area (Å²) in [4.78, 5) is 50.1. The van der Waals surface area contributed by atoms with Gasteiger partial charge in [-0.25, -0.2) is 0 Å². The van der Waals surface area contributed by atoms with Gasteiger partial charge in [0.15, 0.2) is 0 Å². The second-order valence-corrected chi connectivity index (χ2v) is 13.3. The van der Waals surface area contributed by atoms with Crippen molar-refractivity contribution in [1.29, 1.82) is 0 Å². The third-order valence-corrected chi connectivity index (χ3v) is 7.25. The summed E-state index contributed by atoms with van der Waals surface area (Å²) < 4.78 is 47.8. The van der Waals surface area contributed by atoms with E-state index in [2.05, 4.69) is 21.3 Å². The summed E-state index contributed by atoms with van der Waals surface area (Å²) in [5.41, 5.74) is 0.701. The van der Waals surface area contributed by atoms with Crippen molar-refractivity contribution in [2.24, 2.45) is 11.8 Å². The van der Waals surface area contributed by atoms with Gasteiger partial charge >= 0.3 is 5.97 Å². The van der Waals surface area contributed by atoms with Crippen LogP contribution in [0.25, 0.3) is 0 Å². The highest BCUT2D eigenvalue weighted by Gasteiger charge is 2.34. The van der Waals surface area contributed by atoms with E-state index >= 15 is 0 Å². The van der Waals surface area contributed by atoms with Gasteiger partial charge in [0.25, 0.3) is 10.1 Å². The lowest BCUT2D eigenvalue weighted by atomic mass is 10.0. The molecule has 268 valence electrons. The van der Waals surface area contributed by atoms with E-state index < -0.39 is 58.2 Å². The smallest absolute Gasteiger partial charge is 0.308 e. The van der Waals surface area contributed by atoms with Gasteiger partial charge in [-0.1, -0.05) is 61.5 Å². The molecular formula is C31H52N4O11S. The molecule has 0 aromatic heterocycles. The molecule has 0 spiro atoms. The Labute approximate surface area is 277 Å². The Morgan fingerprint density at radius 1 is 1.02 bits per heavy atom. The zero-order valence-electron chi connectivity index (χ0n) is 28.5. The molecule has 1 aromatic carbocycles. The molecule has 1 saturated heterocycles. The number of carbonyl (C=O) groups is 4. The van der Waals surface area contributed by atoms with Crippen molar-refractivity contribution in [3.63, 3.8) is 0 Å². The molecule has 0 bridgehead atoms. The van der Waals surface area contributed by atoms with E-state index in [1.807, 2.05) is 41.5 Å². The molecule has 15 nitrogen and oxygen atoms in total. The normalized spacial score (nSPS) is 18.5. The quantitative estimate of drug-likeness (QED) is 0.108. The fourth-order valence-corrected chi connectivity index (χ4v) is 4.60. The largest absolute Gasteiger partial charge is 0.463 e. The van der Waals surface area contributed by atoms with Crippen LogP contribution in [0.15, 0.2) is 18.2 Å². The number of carbonyl (C=O) groups excluding carboxylic acids is 4. The van der Waals surface area contributed by atoms with Gasteiger partial charge in [0.1, 0.15) is 18.5 Å². The van der Waals surface area contributed by atoms with Gasteiger partial charge in [0, 0.05) is 25.4 Å². The van der Waals surface area contributed by atoms with Gasteiger partial charge in [-0.15, -0.1) is 0 Å². The zero-order valence-corrected chi connectivity index (χ0v) is 29.3. The highest BCUT2D eigenvalue weighted by atomic mass is 32.2. The maximum Gasteiger partial charge on any atom is 0.308 e. The van der Waals surface area contributed by atoms with Gasteiger partial charge in [-0.3, -0.25) is 23.7 Å². The molecule has 4 atom stereocenters. The molecule has 0 saturated carbocycles. The fraction of sp³-hybridized carbons (Fsp3) is 0.677. The fourth-order valence-electron chi connectivity index (χ4n) is 4.24. The molecule has 3 amide bonds. The van der Waals surface area contributed by atoms with Crippen LogP contribution in [0.3, 0.4) is 0 Å². The van der Waals surface area contributed by atoms with Crippen LogP contribution in [-0.2, 0) is 45.4 Å². The number of amides is 3. The number of hydrogen-bond donors (Lipinski definition) is 6. The van der Waals surface area contributed by atoms with E-state index in [0.29, 0.717) is 5.56 Å². The minimum absolute atomic E-state index is 0.0210. The van der Waals surface area contributed by atoms with Crippen LogP contribution >= 0.6 is 0 Å². The van der Waals surface area contributed by atoms with Crippen LogP contribution in [0.1, 0.15) is 73.8 Å².